The van der Waals surface area contributed by atoms with Crippen molar-refractivity contribution in [2.75, 3.05) is 0 Å². The summed E-state index contributed by atoms with van der Waals surface area (Å²) in [5.74, 6) is -1.18. The lowest BCUT2D eigenvalue weighted by Gasteiger charge is -2.07. The first-order valence-corrected chi connectivity index (χ1v) is 4.07. The predicted molar refractivity (Wildman–Crippen MR) is 48.8 cm³/mol. The second-order valence-corrected chi connectivity index (χ2v) is 3.18. The molecular weight excluding hydrogens is 215 g/mol. The van der Waals surface area contributed by atoms with Crippen LogP contribution in [0, 0.1) is 0 Å². The van der Waals surface area contributed by atoms with Gasteiger partial charge in [0, 0.05) is 6.20 Å². The molecule has 4 nitrogen and oxygen atoms in total. The molecule has 0 aliphatic heterocycles. The van der Waals surface area contributed by atoms with Gasteiger partial charge in [0.25, 0.3) is 0 Å². The zero-order chi connectivity index (χ0) is 10.0. The Kier molecular flexibility index (Phi) is 3.08. The molecule has 1 aromatic heterocycles. The molecule has 1 atom stereocenters. The number of carbonyl (C=O) groups is 1. The van der Waals surface area contributed by atoms with Crippen LogP contribution >= 0.6 is 23.2 Å². The lowest BCUT2D eigenvalue weighted by molar-refractivity contribution is -0.138. The third-order valence-corrected chi connectivity index (χ3v) is 1.91. The lowest BCUT2D eigenvalue weighted by Crippen LogP contribution is -2.22. The van der Waals surface area contributed by atoms with Crippen LogP contribution in [0.4, 0.5) is 0 Å². The zero-order valence-electron chi connectivity index (χ0n) is 6.37. The highest BCUT2D eigenvalue weighted by atomic mass is 35.5. The third kappa shape index (κ3) is 2.30. The van der Waals surface area contributed by atoms with Crippen LogP contribution in [0.1, 0.15) is 11.7 Å². The molecule has 0 bridgehead atoms. The van der Waals surface area contributed by atoms with E-state index < -0.39 is 12.0 Å². The fourth-order valence-electron chi connectivity index (χ4n) is 0.771. The predicted octanol–water partition coefficient (Wildman–Crippen LogP) is 1.47. The van der Waals surface area contributed by atoms with Crippen LogP contribution in [-0.2, 0) is 4.79 Å². The molecule has 0 unspecified atom stereocenters. The molecule has 0 amide bonds. The van der Waals surface area contributed by atoms with Crippen molar-refractivity contribution in [3.05, 3.63) is 28.0 Å². The Morgan fingerprint density at radius 1 is 1.62 bits per heavy atom. The third-order valence-electron chi connectivity index (χ3n) is 1.40. The largest absolute Gasteiger partial charge is 0.480 e. The van der Waals surface area contributed by atoms with Crippen molar-refractivity contribution in [2.24, 2.45) is 5.73 Å². The molecule has 1 aromatic rings. The maximum atomic E-state index is 10.5. The molecule has 1 heterocycles. The van der Waals surface area contributed by atoms with Crippen molar-refractivity contribution in [3.8, 4) is 0 Å². The molecule has 3 N–H and O–H groups in total. The summed E-state index contributed by atoms with van der Waals surface area (Å²) in [5.41, 5.74) is 5.41. The van der Waals surface area contributed by atoms with E-state index >= 15 is 0 Å². The Morgan fingerprint density at radius 2 is 2.23 bits per heavy atom. The van der Waals surface area contributed by atoms with Crippen LogP contribution in [0.5, 0.6) is 0 Å². The van der Waals surface area contributed by atoms with E-state index in [1.807, 2.05) is 0 Å². The van der Waals surface area contributed by atoms with Gasteiger partial charge in [-0.2, -0.15) is 0 Å². The summed E-state index contributed by atoms with van der Waals surface area (Å²) in [6, 6.07) is 0.179. The fourth-order valence-corrected chi connectivity index (χ4v) is 1.27. The maximum absolute atomic E-state index is 10.5. The first-order valence-electron chi connectivity index (χ1n) is 3.31. The number of nitrogens with zero attached hydrogens (tertiary/aromatic N) is 1. The Hall–Kier alpha value is -0.840. The highest BCUT2D eigenvalue weighted by molar-refractivity contribution is 6.34. The molecule has 0 spiro atoms. The van der Waals surface area contributed by atoms with Gasteiger partial charge in [-0.1, -0.05) is 23.2 Å². The smallest absolute Gasteiger partial charge is 0.326 e. The Bertz CT molecular complexity index is 343. The van der Waals surface area contributed by atoms with Gasteiger partial charge in [-0.3, -0.25) is 9.78 Å². The second-order valence-electron chi connectivity index (χ2n) is 2.34. The number of nitrogens with two attached hydrogens (primary N) is 1. The molecule has 6 heteroatoms. The topological polar surface area (TPSA) is 76.2 Å². The van der Waals surface area contributed by atoms with E-state index in [4.69, 9.17) is 34.0 Å². The van der Waals surface area contributed by atoms with Gasteiger partial charge in [0.1, 0.15) is 6.04 Å². The quantitative estimate of drug-likeness (QED) is 0.792. The molecule has 0 aliphatic rings. The molecule has 0 fully saturated rings. The zero-order valence-corrected chi connectivity index (χ0v) is 7.88. The minimum Gasteiger partial charge on any atom is -0.480 e. The normalized spacial score (nSPS) is 12.5. The van der Waals surface area contributed by atoms with Gasteiger partial charge in [0.15, 0.2) is 0 Å². The number of rotatable bonds is 2. The average molecular weight is 221 g/mol. The molecule has 13 heavy (non-hydrogen) atoms. The SMILES string of the molecule is N[C@H](C(=O)O)c1ncc(Cl)cc1Cl. The number of hydrogen-bond acceptors (Lipinski definition) is 3. The van der Waals surface area contributed by atoms with E-state index in [1.165, 1.54) is 12.3 Å². The highest BCUT2D eigenvalue weighted by Gasteiger charge is 2.18. The maximum Gasteiger partial charge on any atom is 0.326 e. The first kappa shape index (κ1) is 10.2. The van der Waals surface area contributed by atoms with Crippen molar-refractivity contribution in [2.45, 2.75) is 6.04 Å². The highest BCUT2D eigenvalue weighted by Crippen LogP contribution is 2.22. The molecule has 0 saturated carbocycles. The van der Waals surface area contributed by atoms with Gasteiger partial charge >= 0.3 is 5.97 Å². The van der Waals surface area contributed by atoms with Crippen molar-refractivity contribution in [1.82, 2.24) is 4.98 Å². The minimum absolute atomic E-state index is 0.110. The van der Waals surface area contributed by atoms with E-state index in [-0.39, 0.29) is 10.7 Å². The fraction of sp³-hybridized carbons (Fsp3) is 0.143. The number of pyridine rings is 1. The van der Waals surface area contributed by atoms with Crippen molar-refractivity contribution in [1.29, 1.82) is 0 Å². The molecule has 0 aliphatic carbocycles. The van der Waals surface area contributed by atoms with Crippen LogP contribution in [0.2, 0.25) is 10.0 Å². The van der Waals surface area contributed by atoms with Gasteiger partial charge in [-0.05, 0) is 6.07 Å². The van der Waals surface area contributed by atoms with Gasteiger partial charge < -0.3 is 10.8 Å². The number of aromatic nitrogens is 1. The van der Waals surface area contributed by atoms with Crippen molar-refractivity contribution in [3.63, 3.8) is 0 Å². The Balaban J connectivity index is 3.08. The molecule has 0 aromatic carbocycles. The standard InChI is InChI=1S/C7H6Cl2N2O2/c8-3-1-4(9)6(11-2-3)5(10)7(12)13/h1-2,5H,10H2,(H,12,13)/t5-/m0/s1. The van der Waals surface area contributed by atoms with Crippen LogP contribution < -0.4 is 5.73 Å². The van der Waals surface area contributed by atoms with E-state index in [2.05, 4.69) is 4.98 Å². The molecule has 70 valence electrons. The van der Waals surface area contributed by atoms with Gasteiger partial charge in [0.2, 0.25) is 0 Å². The summed E-state index contributed by atoms with van der Waals surface area (Å²) in [5, 5.41) is 9.07. The van der Waals surface area contributed by atoms with Crippen LogP contribution in [-0.4, -0.2) is 16.1 Å². The first-order chi connectivity index (χ1) is 6.02. The van der Waals surface area contributed by atoms with Crippen LogP contribution in [0.3, 0.4) is 0 Å². The van der Waals surface area contributed by atoms with Crippen molar-refractivity contribution < 1.29 is 9.90 Å². The second kappa shape index (κ2) is 3.91. The van der Waals surface area contributed by atoms with E-state index in [0.717, 1.165) is 0 Å². The summed E-state index contributed by atoms with van der Waals surface area (Å²) in [4.78, 5) is 14.2. The molecule has 0 radical (unpaired) electrons. The Morgan fingerprint density at radius 3 is 2.69 bits per heavy atom. The summed E-state index contributed by atoms with van der Waals surface area (Å²) in [6.07, 6.45) is 1.30. The van der Waals surface area contributed by atoms with Gasteiger partial charge in [-0.15, -0.1) is 0 Å². The average Bonchev–Trinajstić information content (AvgIpc) is 2.03. The number of carboxylic acids is 1. The van der Waals surface area contributed by atoms with E-state index in [1.54, 1.807) is 0 Å². The lowest BCUT2D eigenvalue weighted by atomic mass is 10.2. The van der Waals surface area contributed by atoms with Crippen molar-refractivity contribution >= 4 is 29.2 Å². The van der Waals surface area contributed by atoms with E-state index in [0.29, 0.717) is 5.02 Å². The van der Waals surface area contributed by atoms with Crippen LogP contribution in [0.15, 0.2) is 12.3 Å². The van der Waals surface area contributed by atoms with E-state index in [9.17, 15) is 4.79 Å². The van der Waals surface area contributed by atoms with Crippen LogP contribution in [0.25, 0.3) is 0 Å². The number of carboxylic acid groups (broad SMARTS) is 1. The monoisotopic (exact) mass is 220 g/mol. The summed E-state index contributed by atoms with van der Waals surface area (Å²) >= 11 is 11.2. The summed E-state index contributed by atoms with van der Waals surface area (Å²) in [7, 11) is 0. The Labute approximate surface area is 84.3 Å². The summed E-state index contributed by atoms with van der Waals surface area (Å²) in [6.45, 7) is 0. The molecule has 0 saturated heterocycles. The van der Waals surface area contributed by atoms with Gasteiger partial charge in [0.05, 0.1) is 15.7 Å². The molecular formula is C7H6Cl2N2O2. The number of hydrogen-bond donors (Lipinski definition) is 2. The number of halogens is 2. The number of aliphatic carboxylic acids is 1. The molecule has 1 rings (SSSR count). The minimum atomic E-state index is -1.22. The summed E-state index contributed by atoms with van der Waals surface area (Å²) < 4.78 is 0. The van der Waals surface area contributed by atoms with Gasteiger partial charge in [-0.25, -0.2) is 0 Å².